The average Bonchev–Trinajstić information content (AvgIpc) is 3.27. The van der Waals surface area contributed by atoms with Gasteiger partial charge in [-0.15, -0.1) is 0 Å². The highest BCUT2D eigenvalue weighted by atomic mass is 16.7. The molecular weight excluding hydrogens is 388 g/mol. The first-order valence-electron chi connectivity index (χ1n) is 9.87. The highest BCUT2D eigenvalue weighted by Gasteiger charge is 2.24. The summed E-state index contributed by atoms with van der Waals surface area (Å²) in [6, 6.07) is 9.15. The minimum absolute atomic E-state index is 0.0757. The highest BCUT2D eigenvalue weighted by molar-refractivity contribution is 6.35. The van der Waals surface area contributed by atoms with Crippen molar-refractivity contribution in [1.82, 2.24) is 20.5 Å². The van der Waals surface area contributed by atoms with Gasteiger partial charge in [0.15, 0.2) is 11.5 Å². The van der Waals surface area contributed by atoms with Crippen LogP contribution in [-0.4, -0.2) is 61.3 Å². The van der Waals surface area contributed by atoms with E-state index in [0.717, 1.165) is 24.2 Å². The minimum Gasteiger partial charge on any atom is -0.454 e. The van der Waals surface area contributed by atoms with Crippen LogP contribution in [0.4, 0.5) is 0 Å². The monoisotopic (exact) mass is 412 g/mol. The highest BCUT2D eigenvalue weighted by Crippen LogP contribution is 2.32. The standard InChI is InChI=1S/C21H24N4O5/c26-20(23-11-15-3-4-18-19(10-15)30-14-29-18)21(27)24-13-17(16-2-1-5-22-12-16)25-6-8-28-9-7-25/h1-5,10,12,17H,6-9,11,13-14H2,(H,23,26)(H,24,27)/t17-/m0/s1. The van der Waals surface area contributed by atoms with Crippen LogP contribution in [-0.2, 0) is 20.9 Å². The van der Waals surface area contributed by atoms with Crippen LogP contribution in [0.15, 0.2) is 42.7 Å². The summed E-state index contributed by atoms with van der Waals surface area (Å²) in [5, 5.41) is 5.39. The van der Waals surface area contributed by atoms with Gasteiger partial charge in [-0.1, -0.05) is 12.1 Å². The fourth-order valence-corrected chi connectivity index (χ4v) is 3.50. The Labute approximate surface area is 174 Å². The number of carbonyl (C=O) groups is 2. The van der Waals surface area contributed by atoms with Crippen LogP contribution in [0, 0.1) is 0 Å². The van der Waals surface area contributed by atoms with Crippen LogP contribution in [0.3, 0.4) is 0 Å². The van der Waals surface area contributed by atoms with E-state index in [1.165, 1.54) is 0 Å². The molecule has 1 aromatic carbocycles. The molecule has 0 unspecified atom stereocenters. The van der Waals surface area contributed by atoms with Crippen molar-refractivity contribution < 1.29 is 23.8 Å². The molecule has 158 valence electrons. The average molecular weight is 412 g/mol. The van der Waals surface area contributed by atoms with E-state index in [2.05, 4.69) is 20.5 Å². The maximum atomic E-state index is 12.3. The van der Waals surface area contributed by atoms with E-state index in [1.54, 1.807) is 24.5 Å². The molecule has 0 radical (unpaired) electrons. The smallest absolute Gasteiger partial charge is 0.309 e. The predicted octanol–water partition coefficient (Wildman–Crippen LogP) is 0.616. The number of nitrogens with one attached hydrogen (secondary N) is 2. The van der Waals surface area contributed by atoms with E-state index in [4.69, 9.17) is 14.2 Å². The number of ether oxygens (including phenoxy) is 3. The molecule has 1 atom stereocenters. The van der Waals surface area contributed by atoms with Gasteiger partial charge in [0.05, 0.1) is 19.3 Å². The lowest BCUT2D eigenvalue weighted by atomic mass is 10.1. The number of nitrogens with zero attached hydrogens (tertiary/aromatic N) is 2. The molecule has 2 amide bonds. The Morgan fingerprint density at radius 3 is 2.67 bits per heavy atom. The van der Waals surface area contributed by atoms with Gasteiger partial charge in [0.2, 0.25) is 6.79 Å². The zero-order valence-corrected chi connectivity index (χ0v) is 16.5. The SMILES string of the molecule is O=C(NCc1ccc2c(c1)OCO2)C(=O)NC[C@@H](c1cccnc1)N1CCOCC1. The number of amides is 2. The van der Waals surface area contributed by atoms with Crippen LogP contribution >= 0.6 is 0 Å². The number of carbonyl (C=O) groups excluding carboxylic acids is 2. The van der Waals surface area contributed by atoms with Crippen molar-refractivity contribution in [2.75, 3.05) is 39.6 Å². The fourth-order valence-electron chi connectivity index (χ4n) is 3.50. The summed E-state index contributed by atoms with van der Waals surface area (Å²) >= 11 is 0. The number of benzene rings is 1. The molecule has 30 heavy (non-hydrogen) atoms. The number of rotatable bonds is 6. The zero-order chi connectivity index (χ0) is 20.8. The van der Waals surface area contributed by atoms with Crippen LogP contribution in [0.1, 0.15) is 17.2 Å². The molecule has 0 spiro atoms. The predicted molar refractivity (Wildman–Crippen MR) is 107 cm³/mol. The second-order valence-corrected chi connectivity index (χ2v) is 7.03. The van der Waals surface area contributed by atoms with Crippen molar-refractivity contribution in [2.24, 2.45) is 0 Å². The summed E-state index contributed by atoms with van der Waals surface area (Å²) in [5.41, 5.74) is 1.81. The Hall–Kier alpha value is -3.17. The molecule has 3 heterocycles. The van der Waals surface area contributed by atoms with Crippen LogP contribution in [0.25, 0.3) is 0 Å². The number of aromatic nitrogens is 1. The first kappa shape index (κ1) is 20.1. The van der Waals surface area contributed by atoms with E-state index in [-0.39, 0.29) is 19.4 Å². The second-order valence-electron chi connectivity index (χ2n) is 7.03. The molecule has 9 nitrogen and oxygen atoms in total. The maximum absolute atomic E-state index is 12.3. The first-order valence-corrected chi connectivity index (χ1v) is 9.87. The number of morpholine rings is 1. The normalized spacial score (nSPS) is 16.7. The van der Waals surface area contributed by atoms with E-state index >= 15 is 0 Å². The third kappa shape index (κ3) is 4.87. The summed E-state index contributed by atoms with van der Waals surface area (Å²) in [5.74, 6) is -0.0409. The fraction of sp³-hybridized carbons (Fsp3) is 0.381. The molecule has 2 aliphatic heterocycles. The summed E-state index contributed by atoms with van der Waals surface area (Å²) in [6.07, 6.45) is 3.49. The lowest BCUT2D eigenvalue weighted by Gasteiger charge is -2.34. The summed E-state index contributed by atoms with van der Waals surface area (Å²) in [7, 11) is 0. The molecule has 2 N–H and O–H groups in total. The van der Waals surface area contributed by atoms with E-state index in [0.29, 0.717) is 31.3 Å². The first-order chi connectivity index (χ1) is 14.7. The Morgan fingerprint density at radius 2 is 1.87 bits per heavy atom. The lowest BCUT2D eigenvalue weighted by Crippen LogP contribution is -2.46. The van der Waals surface area contributed by atoms with Gasteiger partial charge in [-0.2, -0.15) is 0 Å². The van der Waals surface area contributed by atoms with Crippen molar-refractivity contribution in [2.45, 2.75) is 12.6 Å². The molecule has 1 fully saturated rings. The van der Waals surface area contributed by atoms with Gasteiger partial charge in [0.1, 0.15) is 0 Å². The van der Waals surface area contributed by atoms with Gasteiger partial charge in [0.25, 0.3) is 0 Å². The molecular formula is C21H24N4O5. The topological polar surface area (TPSA) is 102 Å². The van der Waals surface area contributed by atoms with E-state index < -0.39 is 11.8 Å². The summed E-state index contributed by atoms with van der Waals surface area (Å²) < 4.78 is 16.0. The minimum atomic E-state index is -0.681. The maximum Gasteiger partial charge on any atom is 0.309 e. The molecule has 2 aliphatic rings. The molecule has 0 saturated carbocycles. The molecule has 1 saturated heterocycles. The molecule has 9 heteroatoms. The third-order valence-corrected chi connectivity index (χ3v) is 5.11. The summed E-state index contributed by atoms with van der Waals surface area (Å²) in [4.78, 5) is 31.0. The molecule has 0 aliphatic carbocycles. The van der Waals surface area contributed by atoms with Crippen molar-refractivity contribution >= 4 is 11.8 Å². The lowest BCUT2D eigenvalue weighted by molar-refractivity contribution is -0.139. The third-order valence-electron chi connectivity index (χ3n) is 5.11. The van der Waals surface area contributed by atoms with Gasteiger partial charge >= 0.3 is 11.8 Å². The van der Waals surface area contributed by atoms with Gasteiger partial charge < -0.3 is 24.8 Å². The van der Waals surface area contributed by atoms with Gasteiger partial charge in [-0.05, 0) is 29.3 Å². The number of hydrogen-bond donors (Lipinski definition) is 2. The van der Waals surface area contributed by atoms with Crippen molar-refractivity contribution in [1.29, 1.82) is 0 Å². The van der Waals surface area contributed by atoms with Crippen LogP contribution in [0.5, 0.6) is 11.5 Å². The number of fused-ring (bicyclic) bond motifs is 1. The molecule has 1 aromatic heterocycles. The van der Waals surface area contributed by atoms with Crippen LogP contribution in [0.2, 0.25) is 0 Å². The van der Waals surface area contributed by atoms with Gasteiger partial charge in [0, 0.05) is 38.6 Å². The van der Waals surface area contributed by atoms with Crippen LogP contribution < -0.4 is 20.1 Å². The Bertz CT molecular complexity index is 886. The largest absolute Gasteiger partial charge is 0.454 e. The molecule has 2 aromatic rings. The summed E-state index contributed by atoms with van der Waals surface area (Å²) in [6.45, 7) is 3.51. The van der Waals surface area contributed by atoms with Crippen molar-refractivity contribution in [3.63, 3.8) is 0 Å². The van der Waals surface area contributed by atoms with Crippen molar-refractivity contribution in [3.8, 4) is 11.5 Å². The Balaban J connectivity index is 1.31. The molecule has 0 bridgehead atoms. The Morgan fingerprint density at radius 1 is 1.07 bits per heavy atom. The second kappa shape index (κ2) is 9.55. The van der Waals surface area contributed by atoms with Gasteiger partial charge in [-0.3, -0.25) is 19.5 Å². The van der Waals surface area contributed by atoms with Gasteiger partial charge in [-0.25, -0.2) is 0 Å². The quantitative estimate of drug-likeness (QED) is 0.671. The van der Waals surface area contributed by atoms with E-state index in [1.807, 2.05) is 18.2 Å². The Kier molecular flexibility index (Phi) is 6.41. The number of pyridine rings is 1. The zero-order valence-electron chi connectivity index (χ0n) is 16.5. The van der Waals surface area contributed by atoms with Crippen molar-refractivity contribution in [3.05, 3.63) is 53.9 Å². The number of hydrogen-bond acceptors (Lipinski definition) is 7. The van der Waals surface area contributed by atoms with E-state index in [9.17, 15) is 9.59 Å². The molecule has 4 rings (SSSR count).